The zero-order chi connectivity index (χ0) is 20.8. The number of benzene rings is 1. The summed E-state index contributed by atoms with van der Waals surface area (Å²) in [6, 6.07) is 4.19. The van der Waals surface area contributed by atoms with Gasteiger partial charge in [-0.15, -0.1) is 11.3 Å². The summed E-state index contributed by atoms with van der Waals surface area (Å²) in [7, 11) is -3.78. The average molecular weight is 539 g/mol. The van der Waals surface area contributed by atoms with Crippen LogP contribution in [-0.2, 0) is 22.9 Å². The Labute approximate surface area is 193 Å². The Morgan fingerprint density at radius 3 is 2.59 bits per heavy atom. The molecule has 1 aliphatic heterocycles. The number of sulfonamides is 1. The van der Waals surface area contributed by atoms with Crippen molar-refractivity contribution in [3.63, 3.8) is 0 Å². The van der Waals surface area contributed by atoms with Crippen molar-refractivity contribution in [2.24, 2.45) is 0 Å². The van der Waals surface area contributed by atoms with Crippen molar-refractivity contribution in [2.45, 2.75) is 37.1 Å². The number of nitrogens with zero attached hydrogens (tertiary/aromatic N) is 1. The fourth-order valence-corrected chi connectivity index (χ4v) is 9.02. The summed E-state index contributed by atoms with van der Waals surface area (Å²) in [4.78, 5) is 2.43. The van der Waals surface area contributed by atoms with Crippen LogP contribution in [0.5, 0.6) is 0 Å². The molecule has 0 amide bonds. The van der Waals surface area contributed by atoms with Crippen molar-refractivity contribution in [3.05, 3.63) is 42.0 Å². The minimum absolute atomic E-state index is 0.0338. The molecular weight excluding hydrogens is 517 g/mol. The smallest absolute Gasteiger partial charge is 0.244 e. The van der Waals surface area contributed by atoms with E-state index in [2.05, 4.69) is 49.9 Å². The molecule has 0 spiro atoms. The van der Waals surface area contributed by atoms with Crippen LogP contribution in [0.4, 0.5) is 5.69 Å². The van der Waals surface area contributed by atoms with E-state index in [-0.39, 0.29) is 15.3 Å². The molecular formula is C19H22BrCl2N3O2S2. The summed E-state index contributed by atoms with van der Waals surface area (Å²) >= 11 is 16.5. The van der Waals surface area contributed by atoms with E-state index in [4.69, 9.17) is 23.2 Å². The summed E-state index contributed by atoms with van der Waals surface area (Å²) in [5, 5.41) is 3.39. The second kappa shape index (κ2) is 8.65. The third kappa shape index (κ3) is 4.35. The maximum absolute atomic E-state index is 13.0. The number of fused-ring (bicyclic) bond motifs is 1. The Hall–Kier alpha value is -0.350. The van der Waals surface area contributed by atoms with Crippen molar-refractivity contribution in [1.82, 2.24) is 10.0 Å². The normalized spacial score (nSPS) is 20.0. The number of hydrogen-bond acceptors (Lipinski definition) is 5. The highest BCUT2D eigenvalue weighted by Crippen LogP contribution is 2.43. The number of nitrogens with one attached hydrogen (secondary N) is 2. The van der Waals surface area contributed by atoms with Crippen LogP contribution in [0.1, 0.15) is 23.1 Å². The van der Waals surface area contributed by atoms with E-state index in [0.717, 1.165) is 50.4 Å². The molecule has 2 N–H and O–H groups in total. The summed E-state index contributed by atoms with van der Waals surface area (Å²) in [5.41, 5.74) is 5.12. The first-order chi connectivity index (χ1) is 13.8. The van der Waals surface area contributed by atoms with Crippen LogP contribution < -0.4 is 14.9 Å². The van der Waals surface area contributed by atoms with Crippen LogP contribution in [0.25, 0.3) is 0 Å². The quantitative estimate of drug-likeness (QED) is 0.606. The zero-order valence-electron chi connectivity index (χ0n) is 15.9. The van der Waals surface area contributed by atoms with Gasteiger partial charge in [-0.25, -0.2) is 13.1 Å². The molecule has 1 aromatic carbocycles. The predicted molar refractivity (Wildman–Crippen MR) is 124 cm³/mol. The topological polar surface area (TPSA) is 61.4 Å². The van der Waals surface area contributed by atoms with E-state index in [1.165, 1.54) is 22.4 Å². The van der Waals surface area contributed by atoms with E-state index in [1.54, 1.807) is 0 Å². The number of thiophene rings is 1. The van der Waals surface area contributed by atoms with Crippen molar-refractivity contribution in [3.8, 4) is 0 Å². The second-order valence-electron chi connectivity index (χ2n) is 7.45. The highest BCUT2D eigenvalue weighted by atomic mass is 79.9. The first kappa shape index (κ1) is 21.9. The molecule has 5 nitrogen and oxygen atoms in total. The van der Waals surface area contributed by atoms with Gasteiger partial charge in [-0.1, -0.05) is 29.3 Å². The van der Waals surface area contributed by atoms with Crippen molar-refractivity contribution >= 4 is 66.2 Å². The summed E-state index contributed by atoms with van der Waals surface area (Å²) < 4.78 is 29.8. The van der Waals surface area contributed by atoms with Crippen LogP contribution in [-0.4, -0.2) is 40.6 Å². The highest BCUT2D eigenvalue weighted by molar-refractivity contribution is 9.10. The van der Waals surface area contributed by atoms with Crippen LogP contribution in [0, 0.1) is 6.92 Å². The van der Waals surface area contributed by atoms with E-state index in [0.29, 0.717) is 15.2 Å². The lowest BCUT2D eigenvalue weighted by molar-refractivity contribution is 0.505. The van der Waals surface area contributed by atoms with Crippen LogP contribution in [0.2, 0.25) is 8.67 Å². The molecule has 0 unspecified atom stereocenters. The Balaban J connectivity index is 1.62. The second-order valence-corrected chi connectivity index (χ2v) is 12.1. The number of anilines is 1. The number of rotatable bonds is 4. The SMILES string of the molecule is Cc1ccc(N2CCNCC2)c2c1CC[C@@H](NS(=O)(=O)c1c(Cl)sc(Cl)c1Br)C2. The van der Waals surface area contributed by atoms with Crippen LogP contribution in [0.15, 0.2) is 21.5 Å². The van der Waals surface area contributed by atoms with Crippen molar-refractivity contribution < 1.29 is 8.42 Å². The number of aryl methyl sites for hydroxylation is 1. The van der Waals surface area contributed by atoms with Gasteiger partial charge < -0.3 is 10.2 Å². The molecule has 0 radical (unpaired) electrons. The Bertz CT molecular complexity index is 1040. The minimum Gasteiger partial charge on any atom is -0.369 e. The van der Waals surface area contributed by atoms with E-state index < -0.39 is 10.0 Å². The fourth-order valence-electron chi connectivity index (χ4n) is 4.19. The third-order valence-corrected chi connectivity index (χ3v) is 10.6. The first-order valence-electron chi connectivity index (χ1n) is 9.50. The summed E-state index contributed by atoms with van der Waals surface area (Å²) in [5.74, 6) is 0. The molecule has 0 bridgehead atoms. The molecule has 1 atom stereocenters. The molecule has 1 aromatic heterocycles. The lowest BCUT2D eigenvalue weighted by Crippen LogP contribution is -2.45. The van der Waals surface area contributed by atoms with Gasteiger partial charge in [0.1, 0.15) is 13.6 Å². The summed E-state index contributed by atoms with van der Waals surface area (Å²) in [6.45, 7) is 5.98. The number of piperazine rings is 1. The molecule has 1 fully saturated rings. The largest absolute Gasteiger partial charge is 0.369 e. The monoisotopic (exact) mass is 537 g/mol. The fraction of sp³-hybridized carbons (Fsp3) is 0.474. The molecule has 2 aromatic rings. The van der Waals surface area contributed by atoms with Crippen molar-refractivity contribution in [2.75, 3.05) is 31.1 Å². The minimum atomic E-state index is -3.78. The van der Waals surface area contributed by atoms with Gasteiger partial charge in [0, 0.05) is 37.9 Å². The molecule has 2 heterocycles. The molecule has 2 aliphatic rings. The van der Waals surface area contributed by atoms with Gasteiger partial charge >= 0.3 is 0 Å². The van der Waals surface area contributed by atoms with Gasteiger partial charge in [0.05, 0.1) is 4.47 Å². The Morgan fingerprint density at radius 1 is 1.21 bits per heavy atom. The molecule has 10 heteroatoms. The predicted octanol–water partition coefficient (Wildman–Crippen LogP) is 4.37. The zero-order valence-corrected chi connectivity index (χ0v) is 20.6. The summed E-state index contributed by atoms with van der Waals surface area (Å²) in [6.07, 6.45) is 2.28. The Morgan fingerprint density at radius 2 is 1.93 bits per heavy atom. The van der Waals surface area contributed by atoms with Gasteiger partial charge in [-0.05, 0) is 64.9 Å². The molecule has 1 aliphatic carbocycles. The third-order valence-electron chi connectivity index (χ3n) is 5.61. The van der Waals surface area contributed by atoms with Gasteiger partial charge in [0.25, 0.3) is 0 Å². The molecule has 158 valence electrons. The van der Waals surface area contributed by atoms with Crippen LogP contribution in [0.3, 0.4) is 0 Å². The Kier molecular flexibility index (Phi) is 6.52. The van der Waals surface area contributed by atoms with Gasteiger partial charge in [0.15, 0.2) is 0 Å². The lowest BCUT2D eigenvalue weighted by Gasteiger charge is -2.35. The number of halogens is 3. The molecule has 1 saturated heterocycles. The number of hydrogen-bond donors (Lipinski definition) is 2. The van der Waals surface area contributed by atoms with E-state index in [9.17, 15) is 8.42 Å². The average Bonchev–Trinajstić information content (AvgIpc) is 2.94. The maximum Gasteiger partial charge on any atom is 0.244 e. The van der Waals surface area contributed by atoms with E-state index in [1.807, 2.05) is 0 Å². The molecule has 29 heavy (non-hydrogen) atoms. The lowest BCUT2D eigenvalue weighted by atomic mass is 9.84. The highest BCUT2D eigenvalue weighted by Gasteiger charge is 2.32. The maximum atomic E-state index is 13.0. The van der Waals surface area contributed by atoms with Crippen LogP contribution >= 0.6 is 50.5 Å². The molecule has 0 saturated carbocycles. The van der Waals surface area contributed by atoms with Gasteiger partial charge in [0.2, 0.25) is 10.0 Å². The van der Waals surface area contributed by atoms with Gasteiger partial charge in [-0.3, -0.25) is 0 Å². The first-order valence-corrected chi connectivity index (χ1v) is 13.4. The van der Waals surface area contributed by atoms with Gasteiger partial charge in [-0.2, -0.15) is 0 Å². The molecule has 4 rings (SSSR count). The van der Waals surface area contributed by atoms with Crippen molar-refractivity contribution in [1.29, 1.82) is 0 Å². The standard InChI is InChI=1S/C19H22BrCl2N3O2S2/c1-11-2-5-15(25-8-6-23-7-9-25)14-10-12(3-4-13(11)14)24-29(26,27)17-16(20)18(21)28-19(17)22/h2,5,12,23-24H,3-4,6-10H2,1H3/t12-/m1/s1. The van der Waals surface area contributed by atoms with E-state index >= 15 is 0 Å².